The van der Waals surface area contributed by atoms with Gasteiger partial charge in [-0.25, -0.2) is 0 Å². The van der Waals surface area contributed by atoms with E-state index in [9.17, 15) is 9.90 Å². The molecule has 0 aliphatic carbocycles. The maximum Gasteiger partial charge on any atom is 0.303 e. The number of carboxylic acid groups (broad SMARTS) is 1. The third kappa shape index (κ3) is 8.06. The number of benzene rings is 1. The molecule has 1 fully saturated rings. The molecule has 1 aliphatic rings. The van der Waals surface area contributed by atoms with Crippen molar-refractivity contribution in [2.75, 3.05) is 6.54 Å². The molecule has 3 heteroatoms. The summed E-state index contributed by atoms with van der Waals surface area (Å²) in [7, 11) is 0. The van der Waals surface area contributed by atoms with Gasteiger partial charge in [-0.3, -0.25) is 9.69 Å². The number of rotatable bonds is 10. The minimum Gasteiger partial charge on any atom is -0.481 e. The zero-order valence-electron chi connectivity index (χ0n) is 20.3. The molecule has 1 aromatic carbocycles. The summed E-state index contributed by atoms with van der Waals surface area (Å²) in [6.45, 7) is 14.9. The Hall–Kier alpha value is -1.35. The number of piperidine rings is 1. The first-order chi connectivity index (χ1) is 14.1. The molecule has 0 radical (unpaired) electrons. The van der Waals surface area contributed by atoms with Crippen LogP contribution in [-0.2, 0) is 11.2 Å². The van der Waals surface area contributed by atoms with Crippen molar-refractivity contribution in [2.24, 2.45) is 17.3 Å². The Morgan fingerprint density at radius 3 is 2.37 bits per heavy atom. The molecule has 3 atom stereocenters. The standard InChI is InChI=1S/C27H45NO2/c1-7-8-21-10-12-23(13-11-21)25-17-22(18-26(29)30)15-16-28(25)24(14-9-20(2)3)19-27(4,5)6/h10-13,20,22,24-25H,7-9,14-19H2,1-6H3,(H,29,30). The smallest absolute Gasteiger partial charge is 0.303 e. The molecule has 1 N–H and O–H groups in total. The Morgan fingerprint density at radius 1 is 1.17 bits per heavy atom. The van der Waals surface area contributed by atoms with E-state index in [1.807, 2.05) is 0 Å². The van der Waals surface area contributed by atoms with Gasteiger partial charge < -0.3 is 5.11 Å². The third-order valence-electron chi connectivity index (χ3n) is 6.51. The van der Waals surface area contributed by atoms with E-state index in [-0.39, 0.29) is 11.3 Å². The van der Waals surface area contributed by atoms with Crippen LogP contribution in [0.15, 0.2) is 24.3 Å². The van der Waals surface area contributed by atoms with Gasteiger partial charge in [0.05, 0.1) is 0 Å². The lowest BCUT2D eigenvalue weighted by Gasteiger charge is -2.46. The maximum atomic E-state index is 11.4. The van der Waals surface area contributed by atoms with Gasteiger partial charge in [0.2, 0.25) is 0 Å². The van der Waals surface area contributed by atoms with Gasteiger partial charge in [0.1, 0.15) is 0 Å². The number of hydrogen-bond donors (Lipinski definition) is 1. The number of hydrogen-bond acceptors (Lipinski definition) is 2. The van der Waals surface area contributed by atoms with Crippen LogP contribution in [0.4, 0.5) is 0 Å². The molecule has 3 unspecified atom stereocenters. The average Bonchev–Trinajstić information content (AvgIpc) is 2.64. The van der Waals surface area contributed by atoms with E-state index in [2.05, 4.69) is 70.7 Å². The summed E-state index contributed by atoms with van der Waals surface area (Å²) in [4.78, 5) is 14.1. The number of nitrogens with zero attached hydrogens (tertiary/aromatic N) is 1. The molecule has 2 rings (SSSR count). The first-order valence-electron chi connectivity index (χ1n) is 12.2. The predicted octanol–water partition coefficient (Wildman–Crippen LogP) is 7.11. The molecule has 3 nitrogen and oxygen atoms in total. The number of carbonyl (C=O) groups is 1. The zero-order chi connectivity index (χ0) is 22.3. The van der Waals surface area contributed by atoms with Crippen molar-refractivity contribution in [1.29, 1.82) is 0 Å². The molecular weight excluding hydrogens is 370 g/mol. The maximum absolute atomic E-state index is 11.4. The van der Waals surface area contributed by atoms with Gasteiger partial charge in [-0.15, -0.1) is 0 Å². The van der Waals surface area contributed by atoms with E-state index in [0.717, 1.165) is 25.8 Å². The van der Waals surface area contributed by atoms with Gasteiger partial charge in [-0.05, 0) is 73.4 Å². The highest BCUT2D eigenvalue weighted by Gasteiger charge is 2.36. The van der Waals surface area contributed by atoms with Gasteiger partial charge in [0.25, 0.3) is 0 Å². The second-order valence-corrected chi connectivity index (χ2v) is 11.1. The Bertz CT molecular complexity index is 644. The highest BCUT2D eigenvalue weighted by Crippen LogP contribution is 2.40. The number of aliphatic carboxylic acids is 1. The summed E-state index contributed by atoms with van der Waals surface area (Å²) in [6.07, 6.45) is 8.21. The molecule has 1 aromatic rings. The van der Waals surface area contributed by atoms with Crippen LogP contribution >= 0.6 is 0 Å². The van der Waals surface area contributed by atoms with Crippen molar-refractivity contribution < 1.29 is 9.90 Å². The first kappa shape index (κ1) is 24.9. The van der Waals surface area contributed by atoms with Crippen LogP contribution in [0.2, 0.25) is 0 Å². The largest absolute Gasteiger partial charge is 0.481 e. The monoisotopic (exact) mass is 415 g/mol. The molecule has 1 aliphatic heterocycles. The molecular formula is C27H45NO2. The Kier molecular flexibility index (Phi) is 9.40. The molecule has 30 heavy (non-hydrogen) atoms. The van der Waals surface area contributed by atoms with Crippen molar-refractivity contribution in [3.63, 3.8) is 0 Å². The van der Waals surface area contributed by atoms with E-state index >= 15 is 0 Å². The fourth-order valence-corrected chi connectivity index (χ4v) is 5.07. The lowest BCUT2D eigenvalue weighted by atomic mass is 9.80. The zero-order valence-corrected chi connectivity index (χ0v) is 20.3. The summed E-state index contributed by atoms with van der Waals surface area (Å²) in [5, 5.41) is 9.38. The quantitative estimate of drug-likeness (QED) is 0.443. The normalized spacial score (nSPS) is 21.7. The average molecular weight is 416 g/mol. The van der Waals surface area contributed by atoms with Crippen LogP contribution in [0.3, 0.4) is 0 Å². The van der Waals surface area contributed by atoms with Crippen molar-refractivity contribution in [1.82, 2.24) is 4.90 Å². The van der Waals surface area contributed by atoms with Gasteiger partial charge in [-0.2, -0.15) is 0 Å². The molecule has 0 aromatic heterocycles. The summed E-state index contributed by atoms with van der Waals surface area (Å²) in [5.74, 6) is 0.333. The van der Waals surface area contributed by atoms with Crippen molar-refractivity contribution >= 4 is 5.97 Å². The Morgan fingerprint density at radius 2 is 1.83 bits per heavy atom. The van der Waals surface area contributed by atoms with Gasteiger partial charge >= 0.3 is 5.97 Å². The van der Waals surface area contributed by atoms with Crippen molar-refractivity contribution in [3.8, 4) is 0 Å². The molecule has 0 amide bonds. The van der Waals surface area contributed by atoms with E-state index < -0.39 is 5.97 Å². The lowest BCUT2D eigenvalue weighted by molar-refractivity contribution is -0.138. The number of likely N-dealkylation sites (tertiary alicyclic amines) is 1. The summed E-state index contributed by atoms with van der Waals surface area (Å²) >= 11 is 0. The fourth-order valence-electron chi connectivity index (χ4n) is 5.07. The van der Waals surface area contributed by atoms with E-state index in [0.29, 0.717) is 24.4 Å². The second-order valence-electron chi connectivity index (χ2n) is 11.1. The highest BCUT2D eigenvalue weighted by molar-refractivity contribution is 5.67. The van der Waals surface area contributed by atoms with Crippen LogP contribution in [-0.4, -0.2) is 28.6 Å². The highest BCUT2D eigenvalue weighted by atomic mass is 16.4. The third-order valence-corrected chi connectivity index (χ3v) is 6.51. The first-order valence-corrected chi connectivity index (χ1v) is 12.2. The number of aryl methyl sites for hydroxylation is 1. The summed E-state index contributed by atoms with van der Waals surface area (Å²) in [6, 6.07) is 10.1. The number of carboxylic acids is 1. The molecule has 0 bridgehead atoms. The SMILES string of the molecule is CCCc1ccc(C2CC(CC(=O)O)CCN2C(CCC(C)C)CC(C)(C)C)cc1. The van der Waals surface area contributed by atoms with Crippen LogP contribution in [0.25, 0.3) is 0 Å². The topological polar surface area (TPSA) is 40.5 Å². The van der Waals surface area contributed by atoms with Crippen LogP contribution in [0.1, 0.15) is 104 Å². The molecule has 0 saturated carbocycles. The molecule has 1 saturated heterocycles. The van der Waals surface area contributed by atoms with Crippen LogP contribution in [0, 0.1) is 17.3 Å². The second kappa shape index (κ2) is 11.3. The van der Waals surface area contributed by atoms with E-state index in [1.165, 1.54) is 36.8 Å². The summed E-state index contributed by atoms with van der Waals surface area (Å²) < 4.78 is 0. The lowest BCUT2D eigenvalue weighted by Crippen LogP contribution is -2.45. The van der Waals surface area contributed by atoms with Crippen LogP contribution in [0.5, 0.6) is 0 Å². The fraction of sp³-hybridized carbons (Fsp3) is 0.741. The van der Waals surface area contributed by atoms with Gasteiger partial charge in [0.15, 0.2) is 0 Å². The molecule has 0 spiro atoms. The summed E-state index contributed by atoms with van der Waals surface area (Å²) in [5.41, 5.74) is 3.06. The Labute approximate surface area is 185 Å². The van der Waals surface area contributed by atoms with Crippen molar-refractivity contribution in [3.05, 3.63) is 35.4 Å². The minimum absolute atomic E-state index is 0.277. The molecule has 170 valence electrons. The Balaban J connectivity index is 2.30. The van der Waals surface area contributed by atoms with Gasteiger partial charge in [0, 0.05) is 18.5 Å². The minimum atomic E-state index is -0.656. The molecule has 1 heterocycles. The van der Waals surface area contributed by atoms with Crippen LogP contribution < -0.4 is 0 Å². The van der Waals surface area contributed by atoms with Crippen molar-refractivity contribution in [2.45, 2.75) is 105 Å². The predicted molar refractivity (Wildman–Crippen MR) is 127 cm³/mol. The van der Waals surface area contributed by atoms with E-state index in [4.69, 9.17) is 0 Å². The van der Waals surface area contributed by atoms with E-state index in [1.54, 1.807) is 0 Å². The van der Waals surface area contributed by atoms with Gasteiger partial charge in [-0.1, -0.05) is 72.2 Å².